The van der Waals surface area contributed by atoms with Crippen LogP contribution in [0, 0.1) is 12.8 Å². The van der Waals surface area contributed by atoms with Crippen LogP contribution in [-0.4, -0.2) is 23.7 Å². The molecule has 19 heavy (non-hydrogen) atoms. The summed E-state index contributed by atoms with van der Waals surface area (Å²) >= 11 is 0. The zero-order valence-electron chi connectivity index (χ0n) is 12.1. The molecule has 106 valence electrons. The van der Waals surface area contributed by atoms with Crippen molar-refractivity contribution < 1.29 is 9.90 Å². The summed E-state index contributed by atoms with van der Waals surface area (Å²) in [6.07, 6.45) is 1.55. The van der Waals surface area contributed by atoms with Gasteiger partial charge in [-0.3, -0.25) is 4.79 Å². The molecular weight excluding hydrogens is 238 g/mol. The first-order valence-electron chi connectivity index (χ1n) is 6.99. The van der Waals surface area contributed by atoms with E-state index in [0.717, 1.165) is 6.42 Å². The van der Waals surface area contributed by atoms with Gasteiger partial charge in [0.2, 0.25) is 5.91 Å². The van der Waals surface area contributed by atoms with Gasteiger partial charge in [-0.25, -0.2) is 0 Å². The molecule has 0 heterocycles. The number of aryl methyl sites for hydroxylation is 2. The van der Waals surface area contributed by atoms with Crippen LogP contribution in [0.3, 0.4) is 0 Å². The maximum absolute atomic E-state index is 11.7. The Bertz CT molecular complexity index is 401. The summed E-state index contributed by atoms with van der Waals surface area (Å²) in [5, 5.41) is 12.5. The van der Waals surface area contributed by atoms with Crippen molar-refractivity contribution in [2.45, 2.75) is 46.1 Å². The summed E-state index contributed by atoms with van der Waals surface area (Å²) in [4.78, 5) is 11.7. The lowest BCUT2D eigenvalue weighted by molar-refractivity contribution is -0.121. The lowest BCUT2D eigenvalue weighted by Gasteiger charge is -2.14. The van der Waals surface area contributed by atoms with Crippen LogP contribution in [-0.2, 0) is 11.2 Å². The average molecular weight is 263 g/mol. The second-order valence-corrected chi connectivity index (χ2v) is 5.44. The van der Waals surface area contributed by atoms with E-state index in [1.54, 1.807) is 0 Å². The Labute approximate surface area is 116 Å². The highest BCUT2D eigenvalue weighted by molar-refractivity contribution is 5.76. The number of rotatable bonds is 7. The second kappa shape index (κ2) is 7.95. The molecule has 0 radical (unpaired) electrons. The van der Waals surface area contributed by atoms with E-state index in [2.05, 4.69) is 24.4 Å². The number of amides is 1. The molecule has 0 spiro atoms. The van der Waals surface area contributed by atoms with Gasteiger partial charge >= 0.3 is 0 Å². The maximum atomic E-state index is 11.7. The first-order valence-corrected chi connectivity index (χ1v) is 6.99. The minimum absolute atomic E-state index is 0.0532. The van der Waals surface area contributed by atoms with Gasteiger partial charge in [-0.1, -0.05) is 43.7 Å². The lowest BCUT2D eigenvalue weighted by atomic mass is 10.0. The molecule has 1 atom stereocenters. The Kier molecular flexibility index (Phi) is 6.57. The van der Waals surface area contributed by atoms with Crippen LogP contribution in [0.4, 0.5) is 0 Å². The fraction of sp³-hybridized carbons (Fsp3) is 0.562. The van der Waals surface area contributed by atoms with Crippen LogP contribution in [0.15, 0.2) is 24.3 Å². The standard InChI is InChI=1S/C16H25NO2/c1-12(2)15(18)9-10-17-16(19)8-7-14-6-4-5-13(3)11-14/h4-6,11-12,15,18H,7-10H2,1-3H3,(H,17,19). The lowest BCUT2D eigenvalue weighted by Crippen LogP contribution is -2.28. The van der Waals surface area contributed by atoms with Crippen molar-refractivity contribution >= 4 is 5.91 Å². The fourth-order valence-corrected chi connectivity index (χ4v) is 1.91. The minimum Gasteiger partial charge on any atom is -0.393 e. The van der Waals surface area contributed by atoms with Crippen LogP contribution >= 0.6 is 0 Å². The van der Waals surface area contributed by atoms with Crippen molar-refractivity contribution in [1.29, 1.82) is 0 Å². The van der Waals surface area contributed by atoms with Gasteiger partial charge in [-0.05, 0) is 31.2 Å². The summed E-state index contributed by atoms with van der Waals surface area (Å²) in [5.74, 6) is 0.293. The van der Waals surface area contributed by atoms with Crippen molar-refractivity contribution in [3.05, 3.63) is 35.4 Å². The molecule has 1 aromatic rings. The van der Waals surface area contributed by atoms with Gasteiger partial charge in [-0.15, -0.1) is 0 Å². The van der Waals surface area contributed by atoms with E-state index < -0.39 is 0 Å². The summed E-state index contributed by atoms with van der Waals surface area (Å²) in [7, 11) is 0. The molecule has 1 rings (SSSR count). The van der Waals surface area contributed by atoms with Gasteiger partial charge in [0.05, 0.1) is 6.10 Å². The second-order valence-electron chi connectivity index (χ2n) is 5.44. The zero-order chi connectivity index (χ0) is 14.3. The molecule has 0 saturated carbocycles. The van der Waals surface area contributed by atoms with Gasteiger partial charge in [-0.2, -0.15) is 0 Å². The van der Waals surface area contributed by atoms with E-state index in [9.17, 15) is 9.90 Å². The smallest absolute Gasteiger partial charge is 0.220 e. The van der Waals surface area contributed by atoms with Crippen LogP contribution in [0.2, 0.25) is 0 Å². The molecule has 0 fully saturated rings. The third-order valence-electron chi connectivity index (χ3n) is 3.26. The van der Waals surface area contributed by atoms with Gasteiger partial charge in [0, 0.05) is 13.0 Å². The van der Waals surface area contributed by atoms with Gasteiger partial charge in [0.15, 0.2) is 0 Å². The van der Waals surface area contributed by atoms with Gasteiger partial charge < -0.3 is 10.4 Å². The molecule has 0 saturated heterocycles. The van der Waals surface area contributed by atoms with Crippen molar-refractivity contribution in [2.24, 2.45) is 5.92 Å². The number of carbonyl (C=O) groups is 1. The Morgan fingerprint density at radius 2 is 2.11 bits per heavy atom. The quantitative estimate of drug-likeness (QED) is 0.794. The zero-order valence-corrected chi connectivity index (χ0v) is 12.1. The first-order chi connectivity index (χ1) is 8.99. The fourth-order valence-electron chi connectivity index (χ4n) is 1.91. The Hall–Kier alpha value is -1.35. The molecule has 1 aromatic carbocycles. The number of hydrogen-bond acceptors (Lipinski definition) is 2. The van der Waals surface area contributed by atoms with Gasteiger partial charge in [0.25, 0.3) is 0 Å². The third kappa shape index (κ3) is 6.39. The summed E-state index contributed by atoms with van der Waals surface area (Å²) in [6, 6.07) is 8.22. The maximum Gasteiger partial charge on any atom is 0.220 e. The molecule has 3 heteroatoms. The van der Waals surface area contributed by atoms with E-state index in [1.165, 1.54) is 11.1 Å². The van der Waals surface area contributed by atoms with E-state index in [-0.39, 0.29) is 17.9 Å². The molecule has 0 aliphatic heterocycles. The average Bonchev–Trinajstić information content (AvgIpc) is 2.36. The van der Waals surface area contributed by atoms with Crippen LogP contribution < -0.4 is 5.32 Å². The van der Waals surface area contributed by atoms with Crippen molar-refractivity contribution in [2.75, 3.05) is 6.54 Å². The molecule has 0 aliphatic carbocycles. The Balaban J connectivity index is 2.21. The third-order valence-corrected chi connectivity index (χ3v) is 3.26. The first kappa shape index (κ1) is 15.7. The van der Waals surface area contributed by atoms with Crippen molar-refractivity contribution in [3.63, 3.8) is 0 Å². The summed E-state index contributed by atoms with van der Waals surface area (Å²) < 4.78 is 0. The van der Waals surface area contributed by atoms with Crippen molar-refractivity contribution in [1.82, 2.24) is 5.32 Å². The largest absolute Gasteiger partial charge is 0.393 e. The summed E-state index contributed by atoms with van der Waals surface area (Å²) in [5.41, 5.74) is 2.41. The number of aliphatic hydroxyl groups is 1. The van der Waals surface area contributed by atoms with E-state index >= 15 is 0 Å². The van der Waals surface area contributed by atoms with Crippen LogP contribution in [0.1, 0.15) is 37.8 Å². The molecule has 0 aliphatic rings. The van der Waals surface area contributed by atoms with Crippen molar-refractivity contribution in [3.8, 4) is 0 Å². The molecule has 2 N–H and O–H groups in total. The molecule has 1 amide bonds. The predicted octanol–water partition coefficient (Wildman–Crippen LogP) is 2.45. The summed E-state index contributed by atoms with van der Waals surface area (Å²) in [6.45, 7) is 6.55. The molecule has 0 aromatic heterocycles. The molecule has 1 unspecified atom stereocenters. The highest BCUT2D eigenvalue weighted by Gasteiger charge is 2.09. The molecule has 3 nitrogen and oxygen atoms in total. The normalized spacial score (nSPS) is 12.5. The van der Waals surface area contributed by atoms with E-state index in [4.69, 9.17) is 0 Å². The van der Waals surface area contributed by atoms with E-state index in [0.29, 0.717) is 19.4 Å². The molecule has 0 bridgehead atoms. The number of hydrogen-bond donors (Lipinski definition) is 2. The monoisotopic (exact) mass is 263 g/mol. The van der Waals surface area contributed by atoms with Crippen LogP contribution in [0.5, 0.6) is 0 Å². The van der Waals surface area contributed by atoms with Gasteiger partial charge in [0.1, 0.15) is 0 Å². The SMILES string of the molecule is Cc1cccc(CCC(=O)NCCC(O)C(C)C)c1. The number of benzene rings is 1. The topological polar surface area (TPSA) is 49.3 Å². The number of aliphatic hydroxyl groups excluding tert-OH is 1. The van der Waals surface area contributed by atoms with Crippen LogP contribution in [0.25, 0.3) is 0 Å². The highest BCUT2D eigenvalue weighted by atomic mass is 16.3. The molecular formula is C16H25NO2. The Morgan fingerprint density at radius 1 is 1.37 bits per heavy atom. The predicted molar refractivity (Wildman–Crippen MR) is 78.0 cm³/mol. The van der Waals surface area contributed by atoms with E-state index in [1.807, 2.05) is 26.0 Å². The Morgan fingerprint density at radius 3 is 2.74 bits per heavy atom. The number of carbonyl (C=O) groups excluding carboxylic acids is 1. The highest BCUT2D eigenvalue weighted by Crippen LogP contribution is 2.07. The number of nitrogens with one attached hydrogen (secondary N) is 1. The minimum atomic E-state index is -0.336.